The van der Waals surface area contributed by atoms with Crippen LogP contribution in [0.3, 0.4) is 0 Å². The number of nitrogens with zero attached hydrogens (tertiary/aromatic N) is 1. The third-order valence-electron chi connectivity index (χ3n) is 4.65. The molecule has 0 saturated heterocycles. The van der Waals surface area contributed by atoms with E-state index in [0.717, 1.165) is 17.8 Å². The first-order valence-electron chi connectivity index (χ1n) is 8.68. The molecule has 1 aliphatic rings. The van der Waals surface area contributed by atoms with Crippen LogP contribution in [0.15, 0.2) is 29.5 Å². The van der Waals surface area contributed by atoms with Crippen LogP contribution in [0.25, 0.3) is 5.70 Å². The molecule has 0 unspecified atom stereocenters. The van der Waals surface area contributed by atoms with E-state index in [1.807, 2.05) is 0 Å². The third-order valence-corrected chi connectivity index (χ3v) is 4.65. The minimum Gasteiger partial charge on any atom is -0.358 e. The van der Waals surface area contributed by atoms with E-state index >= 15 is 0 Å². The molecule has 120 valence electrons. The summed E-state index contributed by atoms with van der Waals surface area (Å²) in [6.45, 7) is 11.1. The minimum absolute atomic E-state index is 0.595. The molecule has 0 saturated carbocycles. The van der Waals surface area contributed by atoms with Crippen molar-refractivity contribution in [2.24, 2.45) is 0 Å². The first-order valence-corrected chi connectivity index (χ1v) is 8.68. The molecular weight excluding hydrogens is 268 g/mol. The van der Waals surface area contributed by atoms with Gasteiger partial charge in [-0.3, -0.25) is 4.98 Å². The lowest BCUT2D eigenvalue weighted by atomic mass is 9.91. The molecule has 2 heterocycles. The van der Waals surface area contributed by atoms with Gasteiger partial charge in [0.25, 0.3) is 0 Å². The van der Waals surface area contributed by atoms with E-state index in [0.29, 0.717) is 5.92 Å². The fourth-order valence-electron chi connectivity index (χ4n) is 3.16. The number of allylic oxidation sites excluding steroid dienone is 3. The summed E-state index contributed by atoms with van der Waals surface area (Å²) in [5.74, 6) is 0.595. The van der Waals surface area contributed by atoms with E-state index in [4.69, 9.17) is 4.98 Å². The third kappa shape index (κ3) is 3.79. The molecule has 0 atom stereocenters. The Labute approximate surface area is 135 Å². The van der Waals surface area contributed by atoms with Gasteiger partial charge in [0.2, 0.25) is 0 Å². The van der Waals surface area contributed by atoms with Crippen molar-refractivity contribution in [3.05, 3.63) is 46.4 Å². The molecule has 1 aromatic rings. The summed E-state index contributed by atoms with van der Waals surface area (Å²) < 4.78 is 0. The van der Waals surface area contributed by atoms with E-state index in [2.05, 4.69) is 58.1 Å². The Bertz CT molecular complexity index is 575. The molecule has 0 spiro atoms. The number of aromatic nitrogens is 1. The predicted octanol–water partition coefficient (Wildman–Crippen LogP) is 5.70. The molecule has 0 amide bonds. The Hall–Kier alpha value is -1.57. The number of dihydropyridines is 1. The molecule has 0 bridgehead atoms. The lowest BCUT2D eigenvalue weighted by molar-refractivity contribution is 0.545. The van der Waals surface area contributed by atoms with Crippen LogP contribution < -0.4 is 5.32 Å². The molecule has 1 aromatic heterocycles. The van der Waals surface area contributed by atoms with Gasteiger partial charge < -0.3 is 5.32 Å². The molecule has 2 nitrogen and oxygen atoms in total. The molecule has 2 heteroatoms. The number of rotatable bonds is 6. The lowest BCUT2D eigenvalue weighted by Crippen LogP contribution is -2.17. The maximum atomic E-state index is 5.04. The molecule has 0 aromatic carbocycles. The van der Waals surface area contributed by atoms with Crippen molar-refractivity contribution in [2.45, 2.75) is 72.6 Å². The average Bonchev–Trinajstić information content (AvgIpc) is 2.50. The molecule has 1 aliphatic heterocycles. The van der Waals surface area contributed by atoms with Crippen molar-refractivity contribution in [2.75, 3.05) is 0 Å². The van der Waals surface area contributed by atoms with Gasteiger partial charge in [0, 0.05) is 17.3 Å². The van der Waals surface area contributed by atoms with E-state index < -0.39 is 0 Å². The van der Waals surface area contributed by atoms with E-state index in [1.165, 1.54) is 48.2 Å². The van der Waals surface area contributed by atoms with Crippen molar-refractivity contribution in [3.63, 3.8) is 0 Å². The molecule has 0 aliphatic carbocycles. The van der Waals surface area contributed by atoms with Gasteiger partial charge in [0.1, 0.15) is 0 Å². The molecule has 0 fully saturated rings. The van der Waals surface area contributed by atoms with Gasteiger partial charge in [0.15, 0.2) is 0 Å². The lowest BCUT2D eigenvalue weighted by Gasteiger charge is -2.22. The average molecular weight is 298 g/mol. The van der Waals surface area contributed by atoms with Gasteiger partial charge in [-0.2, -0.15) is 0 Å². The van der Waals surface area contributed by atoms with Crippen LogP contribution in [0.4, 0.5) is 0 Å². The van der Waals surface area contributed by atoms with Gasteiger partial charge >= 0.3 is 0 Å². The Morgan fingerprint density at radius 3 is 2.36 bits per heavy atom. The summed E-state index contributed by atoms with van der Waals surface area (Å²) in [5, 5.41) is 3.51. The monoisotopic (exact) mass is 298 g/mol. The van der Waals surface area contributed by atoms with E-state index in [-0.39, 0.29) is 0 Å². The second-order valence-corrected chi connectivity index (χ2v) is 6.53. The highest BCUT2D eigenvalue weighted by Crippen LogP contribution is 2.29. The second-order valence-electron chi connectivity index (χ2n) is 6.53. The topological polar surface area (TPSA) is 24.9 Å². The Balaban J connectivity index is 2.30. The SMILES string of the molecule is CCCC(CCC)c1nc(C2=CCC(C)=C(C)N2)ccc1C. The van der Waals surface area contributed by atoms with Crippen LogP contribution in [0, 0.1) is 6.92 Å². The molecule has 2 rings (SSSR count). The van der Waals surface area contributed by atoms with Gasteiger partial charge in [-0.15, -0.1) is 0 Å². The maximum absolute atomic E-state index is 5.04. The Kier molecular flexibility index (Phi) is 5.82. The quantitative estimate of drug-likeness (QED) is 0.728. The molecule has 22 heavy (non-hydrogen) atoms. The van der Waals surface area contributed by atoms with Crippen LogP contribution >= 0.6 is 0 Å². The highest BCUT2D eigenvalue weighted by atomic mass is 14.9. The summed E-state index contributed by atoms with van der Waals surface area (Å²) >= 11 is 0. The van der Waals surface area contributed by atoms with Gasteiger partial charge in [-0.25, -0.2) is 0 Å². The summed E-state index contributed by atoms with van der Waals surface area (Å²) in [6.07, 6.45) is 8.19. The summed E-state index contributed by atoms with van der Waals surface area (Å²) in [7, 11) is 0. The normalized spacial score (nSPS) is 15.1. The first kappa shape index (κ1) is 16.8. The zero-order valence-electron chi connectivity index (χ0n) is 14.8. The van der Waals surface area contributed by atoms with Crippen molar-refractivity contribution in [3.8, 4) is 0 Å². The maximum Gasteiger partial charge on any atom is 0.0864 e. The number of nitrogens with one attached hydrogen (secondary N) is 1. The largest absolute Gasteiger partial charge is 0.358 e. The van der Waals surface area contributed by atoms with Crippen LogP contribution in [-0.4, -0.2) is 4.98 Å². The molecule has 0 radical (unpaired) electrons. The summed E-state index contributed by atoms with van der Waals surface area (Å²) in [4.78, 5) is 5.04. The van der Waals surface area contributed by atoms with Crippen LogP contribution in [0.5, 0.6) is 0 Å². The molecule has 1 N–H and O–H groups in total. The summed E-state index contributed by atoms with van der Waals surface area (Å²) in [5.41, 5.74) is 7.55. The van der Waals surface area contributed by atoms with Crippen molar-refractivity contribution < 1.29 is 0 Å². The Morgan fingerprint density at radius 2 is 1.77 bits per heavy atom. The number of aryl methyl sites for hydroxylation is 1. The van der Waals surface area contributed by atoms with E-state index in [1.54, 1.807) is 0 Å². The fraction of sp³-hybridized carbons (Fsp3) is 0.550. The van der Waals surface area contributed by atoms with Gasteiger partial charge in [-0.1, -0.05) is 44.4 Å². The van der Waals surface area contributed by atoms with Crippen molar-refractivity contribution in [1.82, 2.24) is 10.3 Å². The molecular formula is C20H30N2. The zero-order valence-corrected chi connectivity index (χ0v) is 14.8. The van der Waals surface area contributed by atoms with Crippen LogP contribution in [0.2, 0.25) is 0 Å². The number of hydrogen-bond acceptors (Lipinski definition) is 2. The second kappa shape index (κ2) is 7.62. The van der Waals surface area contributed by atoms with E-state index in [9.17, 15) is 0 Å². The fourth-order valence-corrected chi connectivity index (χ4v) is 3.16. The van der Waals surface area contributed by atoms with Crippen molar-refractivity contribution in [1.29, 1.82) is 0 Å². The zero-order chi connectivity index (χ0) is 16.1. The van der Waals surface area contributed by atoms with Crippen molar-refractivity contribution >= 4 is 5.70 Å². The Morgan fingerprint density at radius 1 is 1.09 bits per heavy atom. The van der Waals surface area contributed by atoms with Gasteiger partial charge in [0.05, 0.1) is 11.4 Å². The summed E-state index contributed by atoms with van der Waals surface area (Å²) in [6, 6.07) is 4.39. The highest BCUT2D eigenvalue weighted by molar-refractivity contribution is 5.65. The first-order chi connectivity index (χ1) is 10.6. The number of hydrogen-bond donors (Lipinski definition) is 1. The van der Waals surface area contributed by atoms with Crippen LogP contribution in [-0.2, 0) is 0 Å². The minimum atomic E-state index is 0.595. The number of pyridine rings is 1. The standard InChI is InChI=1S/C20H30N2/c1-6-8-17(9-7-2)20-15(4)11-13-19(22-20)18-12-10-14(3)16(5)21-18/h11-13,17,21H,6-10H2,1-5H3. The highest BCUT2D eigenvalue weighted by Gasteiger charge is 2.17. The predicted molar refractivity (Wildman–Crippen MR) is 95.6 cm³/mol. The smallest absolute Gasteiger partial charge is 0.0864 e. The van der Waals surface area contributed by atoms with Crippen LogP contribution in [0.1, 0.15) is 82.7 Å². The van der Waals surface area contributed by atoms with Gasteiger partial charge in [-0.05, 0) is 51.7 Å².